The average Bonchev–Trinajstić information content (AvgIpc) is 2.45. The average molecular weight is 317 g/mol. The van der Waals surface area contributed by atoms with Crippen LogP contribution < -0.4 is 11.1 Å². The molecular formula is C14H27N3O3S. The monoisotopic (exact) mass is 317 g/mol. The molecule has 2 rings (SSSR count). The predicted molar refractivity (Wildman–Crippen MR) is 82.7 cm³/mol. The number of hydrogen-bond acceptors (Lipinski definition) is 5. The van der Waals surface area contributed by atoms with Crippen LogP contribution in [0.25, 0.3) is 0 Å². The lowest BCUT2D eigenvalue weighted by molar-refractivity contribution is -0.126. The number of sulfone groups is 1. The van der Waals surface area contributed by atoms with Crippen LogP contribution >= 0.6 is 0 Å². The van der Waals surface area contributed by atoms with Gasteiger partial charge < -0.3 is 11.1 Å². The van der Waals surface area contributed by atoms with E-state index in [0.29, 0.717) is 19.5 Å². The Labute approximate surface area is 127 Å². The van der Waals surface area contributed by atoms with E-state index in [1.165, 1.54) is 0 Å². The Bertz CT molecular complexity index is 466. The molecule has 122 valence electrons. The molecule has 3 N–H and O–H groups in total. The van der Waals surface area contributed by atoms with Crippen LogP contribution in [0.3, 0.4) is 0 Å². The maximum atomic E-state index is 12.0. The Hall–Kier alpha value is -0.660. The number of nitrogens with one attached hydrogen (secondary N) is 1. The molecule has 0 radical (unpaired) electrons. The Kier molecular flexibility index (Phi) is 5.27. The first-order chi connectivity index (χ1) is 9.88. The van der Waals surface area contributed by atoms with Crippen molar-refractivity contribution in [3.8, 4) is 0 Å². The number of amides is 1. The van der Waals surface area contributed by atoms with Crippen molar-refractivity contribution in [3.05, 3.63) is 0 Å². The maximum Gasteiger partial charge on any atom is 0.237 e. The third kappa shape index (κ3) is 3.96. The van der Waals surface area contributed by atoms with Crippen LogP contribution in [0.5, 0.6) is 0 Å². The molecular weight excluding hydrogens is 290 g/mol. The highest BCUT2D eigenvalue weighted by atomic mass is 32.2. The van der Waals surface area contributed by atoms with Crippen molar-refractivity contribution in [2.75, 3.05) is 31.1 Å². The van der Waals surface area contributed by atoms with Crippen molar-refractivity contribution in [3.63, 3.8) is 0 Å². The van der Waals surface area contributed by atoms with E-state index in [1.54, 1.807) is 0 Å². The molecule has 2 unspecified atom stereocenters. The molecule has 1 aliphatic heterocycles. The number of rotatable bonds is 5. The maximum absolute atomic E-state index is 12.0. The second-order valence-electron chi connectivity index (χ2n) is 6.31. The molecule has 0 aromatic rings. The smallest absolute Gasteiger partial charge is 0.237 e. The fraction of sp³-hybridized carbons (Fsp3) is 0.929. The van der Waals surface area contributed by atoms with Gasteiger partial charge in [0.25, 0.3) is 0 Å². The summed E-state index contributed by atoms with van der Waals surface area (Å²) in [6, 6.07) is 0.256. The van der Waals surface area contributed by atoms with Crippen molar-refractivity contribution in [2.24, 2.45) is 5.73 Å². The molecule has 0 aromatic heterocycles. The molecule has 0 aromatic carbocycles. The van der Waals surface area contributed by atoms with E-state index >= 15 is 0 Å². The molecule has 1 heterocycles. The first-order valence-electron chi connectivity index (χ1n) is 7.88. The summed E-state index contributed by atoms with van der Waals surface area (Å²) < 4.78 is 23.1. The van der Waals surface area contributed by atoms with Gasteiger partial charge in [0.15, 0.2) is 9.84 Å². The van der Waals surface area contributed by atoms with Gasteiger partial charge in [-0.15, -0.1) is 0 Å². The number of nitrogens with zero attached hydrogens (tertiary/aromatic N) is 1. The van der Waals surface area contributed by atoms with Gasteiger partial charge in [-0.2, -0.15) is 0 Å². The summed E-state index contributed by atoms with van der Waals surface area (Å²) in [5, 5.41) is 3.35. The lowest BCUT2D eigenvalue weighted by Crippen LogP contribution is -2.61. The molecule has 1 amide bonds. The highest BCUT2D eigenvalue weighted by molar-refractivity contribution is 7.91. The van der Waals surface area contributed by atoms with Gasteiger partial charge in [0.05, 0.1) is 17.0 Å². The summed E-state index contributed by atoms with van der Waals surface area (Å²) >= 11 is 0. The Morgan fingerprint density at radius 2 is 2.05 bits per heavy atom. The minimum absolute atomic E-state index is 0.232. The number of nitrogens with two attached hydrogens (primary N) is 1. The van der Waals surface area contributed by atoms with Crippen LogP contribution in [-0.4, -0.2) is 61.9 Å². The molecule has 7 heteroatoms. The van der Waals surface area contributed by atoms with Gasteiger partial charge in [-0.25, -0.2) is 8.42 Å². The zero-order valence-corrected chi connectivity index (χ0v) is 13.6. The summed E-state index contributed by atoms with van der Waals surface area (Å²) in [4.78, 5) is 14.2. The molecule has 21 heavy (non-hydrogen) atoms. The first-order valence-corrected chi connectivity index (χ1v) is 9.70. The van der Waals surface area contributed by atoms with Crippen molar-refractivity contribution in [2.45, 2.75) is 50.6 Å². The quantitative estimate of drug-likeness (QED) is 0.738. The highest BCUT2D eigenvalue weighted by Gasteiger charge is 2.43. The predicted octanol–water partition coefficient (Wildman–Crippen LogP) is -0.117. The number of hydrogen-bond donors (Lipinski definition) is 2. The summed E-state index contributed by atoms with van der Waals surface area (Å²) in [6.45, 7) is 4.01. The Morgan fingerprint density at radius 1 is 1.38 bits per heavy atom. The van der Waals surface area contributed by atoms with E-state index in [4.69, 9.17) is 5.73 Å². The zero-order chi connectivity index (χ0) is 15.5. The van der Waals surface area contributed by atoms with Crippen LogP contribution in [0.15, 0.2) is 0 Å². The minimum Gasteiger partial charge on any atom is -0.368 e. The van der Waals surface area contributed by atoms with Gasteiger partial charge >= 0.3 is 0 Å². The number of primary amides is 1. The lowest BCUT2D eigenvalue weighted by Gasteiger charge is -2.44. The van der Waals surface area contributed by atoms with Gasteiger partial charge in [0, 0.05) is 19.1 Å². The van der Waals surface area contributed by atoms with Crippen LogP contribution in [0.2, 0.25) is 0 Å². The van der Waals surface area contributed by atoms with Crippen molar-refractivity contribution < 1.29 is 13.2 Å². The van der Waals surface area contributed by atoms with Crippen LogP contribution in [0, 0.1) is 0 Å². The first kappa shape index (κ1) is 16.7. The van der Waals surface area contributed by atoms with Crippen molar-refractivity contribution in [1.82, 2.24) is 10.2 Å². The van der Waals surface area contributed by atoms with E-state index in [1.807, 2.05) is 0 Å². The zero-order valence-electron chi connectivity index (χ0n) is 12.8. The fourth-order valence-corrected chi connectivity index (χ4v) is 4.71. The number of carbonyl (C=O) groups excluding carboxylic acids is 1. The molecule has 1 saturated carbocycles. The molecule has 6 nitrogen and oxygen atoms in total. The molecule has 2 atom stereocenters. The SMILES string of the molecule is CCCNC1(C(N)=O)CCCC(N2CCS(=O)(=O)CC2)C1. The molecule has 0 spiro atoms. The summed E-state index contributed by atoms with van der Waals surface area (Å²) in [5.74, 6) is 0.190. The van der Waals surface area contributed by atoms with Gasteiger partial charge in [0.1, 0.15) is 0 Å². The van der Waals surface area contributed by atoms with Gasteiger partial charge in [-0.05, 0) is 38.6 Å². The van der Waals surface area contributed by atoms with E-state index in [2.05, 4.69) is 17.1 Å². The normalized spacial score (nSPS) is 33.7. The van der Waals surface area contributed by atoms with Crippen molar-refractivity contribution >= 4 is 15.7 Å². The molecule has 2 fully saturated rings. The lowest BCUT2D eigenvalue weighted by atomic mass is 9.77. The van der Waals surface area contributed by atoms with Crippen molar-refractivity contribution in [1.29, 1.82) is 0 Å². The molecule has 1 saturated heterocycles. The summed E-state index contributed by atoms with van der Waals surface area (Å²) in [7, 11) is -2.86. The van der Waals surface area contributed by atoms with Crippen LogP contribution in [0.4, 0.5) is 0 Å². The van der Waals surface area contributed by atoms with Gasteiger partial charge in [0.2, 0.25) is 5.91 Å². The Balaban J connectivity index is 2.03. The summed E-state index contributed by atoms with van der Waals surface area (Å²) in [6.07, 6.45) is 4.41. The van der Waals surface area contributed by atoms with Gasteiger partial charge in [-0.1, -0.05) is 6.92 Å². The Morgan fingerprint density at radius 3 is 2.62 bits per heavy atom. The molecule has 2 aliphatic rings. The largest absolute Gasteiger partial charge is 0.368 e. The van der Waals surface area contributed by atoms with Crippen LogP contribution in [0.1, 0.15) is 39.0 Å². The summed E-state index contributed by atoms with van der Waals surface area (Å²) in [5.41, 5.74) is 5.05. The molecule has 1 aliphatic carbocycles. The number of carbonyl (C=O) groups is 1. The van der Waals surface area contributed by atoms with Crippen LogP contribution in [-0.2, 0) is 14.6 Å². The topological polar surface area (TPSA) is 92.5 Å². The van der Waals surface area contributed by atoms with E-state index < -0.39 is 15.4 Å². The van der Waals surface area contributed by atoms with E-state index in [-0.39, 0.29) is 23.5 Å². The van der Waals surface area contributed by atoms with E-state index in [0.717, 1.165) is 32.2 Å². The van der Waals surface area contributed by atoms with E-state index in [9.17, 15) is 13.2 Å². The highest BCUT2D eigenvalue weighted by Crippen LogP contribution is 2.32. The molecule has 0 bridgehead atoms. The minimum atomic E-state index is -2.86. The third-order valence-corrected chi connectivity index (χ3v) is 6.41. The fourth-order valence-electron chi connectivity index (χ4n) is 3.48. The van der Waals surface area contributed by atoms with Gasteiger partial charge in [-0.3, -0.25) is 9.69 Å². The standard InChI is InChI=1S/C14H27N3O3S/c1-2-6-16-14(13(15)18)5-3-4-12(11-14)17-7-9-21(19,20)10-8-17/h12,16H,2-11H2,1H3,(H2,15,18). The third-order valence-electron chi connectivity index (χ3n) is 4.81. The second kappa shape index (κ2) is 6.62. The second-order valence-corrected chi connectivity index (χ2v) is 8.61.